The summed E-state index contributed by atoms with van der Waals surface area (Å²) in [5.74, 6) is 0.644. The van der Waals surface area contributed by atoms with Crippen molar-refractivity contribution in [3.63, 3.8) is 0 Å². The third-order valence-corrected chi connectivity index (χ3v) is 10.6. The third-order valence-electron chi connectivity index (χ3n) is 9.74. The highest BCUT2D eigenvalue weighted by atomic mass is 32.1. The SMILES string of the molecule is CCCCCCCCCCOC(=O)OCN1C(=O)CC(C)(C)c2ccc(OCCCCN3CCN(c4cccc5sccc45)CC3)cc21. The molecule has 262 valence electrons. The number of carbonyl (C=O) groups excluding carboxylic acids is 2. The van der Waals surface area contributed by atoms with E-state index in [2.05, 4.69) is 60.2 Å². The number of ether oxygens (including phenoxy) is 3. The van der Waals surface area contributed by atoms with E-state index in [4.69, 9.17) is 14.2 Å². The molecule has 2 aliphatic rings. The van der Waals surface area contributed by atoms with Crippen LogP contribution in [0.3, 0.4) is 0 Å². The Kier molecular flexibility index (Phi) is 13.4. The molecular formula is C39H55N3O5S. The minimum Gasteiger partial charge on any atom is -0.494 e. The van der Waals surface area contributed by atoms with Crippen LogP contribution in [0.5, 0.6) is 5.75 Å². The summed E-state index contributed by atoms with van der Waals surface area (Å²) < 4.78 is 18.2. The van der Waals surface area contributed by atoms with Crippen molar-refractivity contribution in [3.05, 3.63) is 53.4 Å². The van der Waals surface area contributed by atoms with Crippen molar-refractivity contribution in [3.8, 4) is 5.75 Å². The van der Waals surface area contributed by atoms with Crippen molar-refractivity contribution >= 4 is 44.9 Å². The fourth-order valence-electron chi connectivity index (χ4n) is 6.89. The molecule has 0 unspecified atom stereocenters. The van der Waals surface area contributed by atoms with Gasteiger partial charge < -0.3 is 19.1 Å². The van der Waals surface area contributed by atoms with Gasteiger partial charge in [0.25, 0.3) is 0 Å². The largest absolute Gasteiger partial charge is 0.510 e. The minimum atomic E-state index is -0.731. The van der Waals surface area contributed by atoms with Crippen molar-refractivity contribution < 1.29 is 23.8 Å². The van der Waals surface area contributed by atoms with Crippen LogP contribution in [-0.2, 0) is 19.7 Å². The summed E-state index contributed by atoms with van der Waals surface area (Å²) in [6.07, 6.45) is 11.0. The summed E-state index contributed by atoms with van der Waals surface area (Å²) in [6, 6.07) is 14.8. The number of rotatable bonds is 18. The Balaban J connectivity index is 1.02. The molecule has 0 radical (unpaired) electrons. The lowest BCUT2D eigenvalue weighted by Crippen LogP contribution is -2.46. The summed E-state index contributed by atoms with van der Waals surface area (Å²) in [5.41, 5.74) is 2.81. The molecule has 5 rings (SSSR count). The van der Waals surface area contributed by atoms with Gasteiger partial charge in [0.1, 0.15) is 5.75 Å². The van der Waals surface area contributed by atoms with Crippen LogP contribution in [0.2, 0.25) is 0 Å². The molecule has 8 nitrogen and oxygen atoms in total. The van der Waals surface area contributed by atoms with E-state index >= 15 is 0 Å². The fraction of sp³-hybridized carbons (Fsp3) is 0.590. The number of benzene rings is 2. The molecule has 0 saturated carbocycles. The molecule has 1 aromatic heterocycles. The predicted molar refractivity (Wildman–Crippen MR) is 197 cm³/mol. The van der Waals surface area contributed by atoms with E-state index in [1.165, 1.54) is 47.9 Å². The third kappa shape index (κ3) is 9.88. The van der Waals surface area contributed by atoms with Crippen molar-refractivity contribution in [1.82, 2.24) is 4.90 Å². The first-order valence-electron chi connectivity index (χ1n) is 18.2. The molecule has 48 heavy (non-hydrogen) atoms. The minimum absolute atomic E-state index is 0.0763. The fourth-order valence-corrected chi connectivity index (χ4v) is 7.69. The van der Waals surface area contributed by atoms with E-state index in [0.29, 0.717) is 19.6 Å². The Morgan fingerprint density at radius 3 is 2.38 bits per heavy atom. The van der Waals surface area contributed by atoms with Crippen LogP contribution in [0.25, 0.3) is 10.1 Å². The lowest BCUT2D eigenvalue weighted by atomic mass is 9.77. The zero-order chi connectivity index (χ0) is 33.8. The lowest BCUT2D eigenvalue weighted by molar-refractivity contribution is -0.121. The number of anilines is 2. The summed E-state index contributed by atoms with van der Waals surface area (Å²) >= 11 is 1.81. The van der Waals surface area contributed by atoms with Gasteiger partial charge in [0.05, 0.1) is 18.9 Å². The van der Waals surface area contributed by atoms with Gasteiger partial charge in [0.15, 0.2) is 6.73 Å². The second kappa shape index (κ2) is 17.9. The number of hydrogen-bond donors (Lipinski definition) is 0. The lowest BCUT2D eigenvalue weighted by Gasteiger charge is -2.38. The molecule has 9 heteroatoms. The Hall–Kier alpha value is -3.30. The van der Waals surface area contributed by atoms with Crippen molar-refractivity contribution in [1.29, 1.82) is 0 Å². The zero-order valence-corrected chi connectivity index (χ0v) is 30.2. The molecule has 1 saturated heterocycles. The first kappa shape index (κ1) is 36.0. The Morgan fingerprint density at radius 1 is 0.833 bits per heavy atom. The molecule has 3 heterocycles. The van der Waals surface area contributed by atoms with Gasteiger partial charge in [0, 0.05) is 59.9 Å². The van der Waals surface area contributed by atoms with Crippen LogP contribution in [0.1, 0.15) is 97.0 Å². The van der Waals surface area contributed by atoms with Crippen LogP contribution in [0, 0.1) is 0 Å². The van der Waals surface area contributed by atoms with Gasteiger partial charge in [-0.25, -0.2) is 4.79 Å². The summed E-state index contributed by atoms with van der Waals surface area (Å²) in [4.78, 5) is 32.1. The molecule has 2 aromatic carbocycles. The Labute approximate surface area is 291 Å². The van der Waals surface area contributed by atoms with Gasteiger partial charge in [-0.3, -0.25) is 14.6 Å². The molecular weight excluding hydrogens is 623 g/mol. The normalized spacial score (nSPS) is 16.3. The smallest absolute Gasteiger partial charge is 0.494 e. The molecule has 0 N–H and O–H groups in total. The average Bonchev–Trinajstić information content (AvgIpc) is 3.57. The highest BCUT2D eigenvalue weighted by molar-refractivity contribution is 7.17. The molecule has 0 spiro atoms. The zero-order valence-electron chi connectivity index (χ0n) is 29.3. The Morgan fingerprint density at radius 2 is 1.58 bits per heavy atom. The number of nitrogens with zero attached hydrogens (tertiary/aromatic N) is 3. The topological polar surface area (TPSA) is 71.5 Å². The first-order valence-corrected chi connectivity index (χ1v) is 19.0. The highest BCUT2D eigenvalue weighted by Gasteiger charge is 2.37. The van der Waals surface area contributed by atoms with Gasteiger partial charge in [0.2, 0.25) is 5.91 Å². The Bertz CT molecular complexity index is 1460. The van der Waals surface area contributed by atoms with E-state index in [-0.39, 0.29) is 18.1 Å². The number of thiophene rings is 1. The van der Waals surface area contributed by atoms with Gasteiger partial charge in [-0.2, -0.15) is 0 Å². The standard InChI is InChI=1S/C39H55N3O5S/c1-4-5-6-7-8-9-10-12-26-46-38(44)47-30-42-35-28-31(17-18-33(35)39(2,3)29-37(42)43)45-25-13-11-20-40-21-23-41(24-22-40)34-15-14-16-36-32(34)19-27-48-36/h14-19,27-28H,4-13,20-26,29-30H2,1-3H3. The van der Waals surface area contributed by atoms with Gasteiger partial charge in [-0.05, 0) is 61.0 Å². The van der Waals surface area contributed by atoms with Crippen LogP contribution >= 0.6 is 11.3 Å². The monoisotopic (exact) mass is 677 g/mol. The maximum absolute atomic E-state index is 13.2. The van der Waals surface area contributed by atoms with Crippen LogP contribution in [0.15, 0.2) is 47.8 Å². The molecule has 1 fully saturated rings. The number of piperazine rings is 1. The second-order valence-corrected chi connectivity index (χ2v) is 14.8. The number of carbonyl (C=O) groups is 2. The average molecular weight is 678 g/mol. The van der Waals surface area contributed by atoms with E-state index in [0.717, 1.165) is 81.8 Å². The van der Waals surface area contributed by atoms with Crippen LogP contribution in [0.4, 0.5) is 16.2 Å². The summed E-state index contributed by atoms with van der Waals surface area (Å²) in [7, 11) is 0. The molecule has 0 atom stereocenters. The second-order valence-electron chi connectivity index (χ2n) is 13.9. The van der Waals surface area contributed by atoms with E-state index in [1.807, 2.05) is 18.2 Å². The predicted octanol–water partition coefficient (Wildman–Crippen LogP) is 9.15. The van der Waals surface area contributed by atoms with E-state index < -0.39 is 6.16 Å². The molecule has 0 aliphatic carbocycles. The molecule has 2 aliphatic heterocycles. The van der Waals surface area contributed by atoms with E-state index in [9.17, 15) is 9.59 Å². The van der Waals surface area contributed by atoms with Gasteiger partial charge in [-0.15, -0.1) is 11.3 Å². The summed E-state index contributed by atoms with van der Waals surface area (Å²) in [5, 5.41) is 3.55. The van der Waals surface area contributed by atoms with Crippen LogP contribution in [-0.4, -0.2) is 69.6 Å². The van der Waals surface area contributed by atoms with E-state index in [1.54, 1.807) is 16.2 Å². The van der Waals surface area contributed by atoms with Gasteiger partial charge in [-0.1, -0.05) is 77.8 Å². The maximum atomic E-state index is 13.2. The molecule has 1 amide bonds. The number of hydrogen-bond acceptors (Lipinski definition) is 8. The molecule has 0 bridgehead atoms. The number of amides is 1. The van der Waals surface area contributed by atoms with Crippen molar-refractivity contribution in [2.75, 3.05) is 62.5 Å². The quantitative estimate of drug-likeness (QED) is 0.0982. The maximum Gasteiger partial charge on any atom is 0.510 e. The summed E-state index contributed by atoms with van der Waals surface area (Å²) in [6.45, 7) is 12.4. The first-order chi connectivity index (χ1) is 23.4. The van der Waals surface area contributed by atoms with Crippen LogP contribution < -0.4 is 14.5 Å². The number of fused-ring (bicyclic) bond motifs is 2. The van der Waals surface area contributed by atoms with Gasteiger partial charge >= 0.3 is 6.16 Å². The molecule has 3 aromatic rings. The van der Waals surface area contributed by atoms with Crippen molar-refractivity contribution in [2.45, 2.75) is 96.8 Å². The van der Waals surface area contributed by atoms with Crippen molar-refractivity contribution in [2.24, 2.45) is 0 Å². The number of unbranched alkanes of at least 4 members (excludes halogenated alkanes) is 8. The highest BCUT2D eigenvalue weighted by Crippen LogP contribution is 2.42.